The second-order valence-electron chi connectivity index (χ2n) is 11.4. The molecule has 1 aromatic heterocycles. The highest BCUT2D eigenvalue weighted by molar-refractivity contribution is 7.99. The number of para-hydroxylation sites is 1. The summed E-state index contributed by atoms with van der Waals surface area (Å²) >= 11 is 1.49. The lowest BCUT2D eigenvalue weighted by Gasteiger charge is -2.36. The summed E-state index contributed by atoms with van der Waals surface area (Å²) in [6.45, 7) is -0.0487. The highest BCUT2D eigenvalue weighted by Crippen LogP contribution is 2.40. The number of anilines is 1. The molecule has 5 aromatic rings. The maximum atomic E-state index is 13.1. The number of ether oxygens (including phenoxy) is 3. The zero-order chi connectivity index (χ0) is 34.0. The van der Waals surface area contributed by atoms with Crippen molar-refractivity contribution in [2.45, 2.75) is 49.1 Å². The number of rotatable bonds is 12. The number of thioether (sulfide) groups is 1. The summed E-state index contributed by atoms with van der Waals surface area (Å²) < 4.78 is 19.6. The molecule has 1 aliphatic heterocycles. The Labute approximate surface area is 287 Å². The number of hydrogen-bond donors (Lipinski definition) is 3. The number of amides is 2. The SMILES string of the molecule is COC(=O)[C@H](Cc1ccccc1)NC(=O)Nc1cccc([C@@H]2O[C@H](CSc3nnnn3-c3ccccc3)C[C@H](c3ccc(CO)cc3)O2)c1. The van der Waals surface area contributed by atoms with Gasteiger partial charge in [-0.15, -0.1) is 5.10 Å². The van der Waals surface area contributed by atoms with E-state index in [1.165, 1.54) is 18.9 Å². The fourth-order valence-electron chi connectivity index (χ4n) is 5.46. The van der Waals surface area contributed by atoms with Gasteiger partial charge in [-0.25, -0.2) is 9.59 Å². The second-order valence-corrected chi connectivity index (χ2v) is 12.3. The van der Waals surface area contributed by atoms with E-state index in [1.54, 1.807) is 22.9 Å². The molecule has 3 N–H and O–H groups in total. The standard InChI is InChI=1S/C36H36N6O6S/c1-46-33(44)31(19-24-9-4-2-5-10-24)38-35(45)37-28-12-8-11-27(20-28)34-47-30(21-32(48-34)26-17-15-25(22-43)16-18-26)23-49-36-39-40-41-42(36)29-13-6-3-7-14-29/h2-18,20,30-32,34,43H,19,21-23H2,1H3,(H2,37,38,45)/t30-,31-,32+,34+/m0/s1. The number of benzene rings is 4. The summed E-state index contributed by atoms with van der Waals surface area (Å²) in [5.41, 5.74) is 4.70. The minimum absolute atomic E-state index is 0.0487. The maximum Gasteiger partial charge on any atom is 0.328 e. The summed E-state index contributed by atoms with van der Waals surface area (Å²) in [5.74, 6) is 0.00569. The molecule has 2 amide bonds. The minimum atomic E-state index is -0.875. The van der Waals surface area contributed by atoms with Crippen molar-refractivity contribution in [3.63, 3.8) is 0 Å². The first-order valence-electron chi connectivity index (χ1n) is 15.8. The van der Waals surface area contributed by atoms with Crippen LogP contribution in [0.2, 0.25) is 0 Å². The lowest BCUT2D eigenvalue weighted by molar-refractivity contribution is -0.245. The number of tetrazole rings is 1. The third kappa shape index (κ3) is 8.89. The van der Waals surface area contributed by atoms with Gasteiger partial charge < -0.3 is 30.0 Å². The van der Waals surface area contributed by atoms with E-state index in [-0.39, 0.29) is 25.2 Å². The highest BCUT2D eigenvalue weighted by atomic mass is 32.2. The Bertz CT molecular complexity index is 1830. The van der Waals surface area contributed by atoms with E-state index in [4.69, 9.17) is 14.2 Å². The van der Waals surface area contributed by atoms with Crippen LogP contribution in [0.5, 0.6) is 0 Å². The van der Waals surface area contributed by atoms with Gasteiger partial charge in [0.05, 0.1) is 31.6 Å². The van der Waals surface area contributed by atoms with Crippen molar-refractivity contribution < 1.29 is 28.9 Å². The molecule has 0 unspecified atom stereocenters. The van der Waals surface area contributed by atoms with E-state index < -0.39 is 24.3 Å². The molecule has 6 rings (SSSR count). The van der Waals surface area contributed by atoms with Gasteiger partial charge in [0, 0.05) is 29.8 Å². The lowest BCUT2D eigenvalue weighted by atomic mass is 10.0. The van der Waals surface area contributed by atoms with Gasteiger partial charge >= 0.3 is 12.0 Å². The van der Waals surface area contributed by atoms with Crippen molar-refractivity contribution in [3.8, 4) is 5.69 Å². The zero-order valence-electron chi connectivity index (χ0n) is 26.7. The van der Waals surface area contributed by atoms with Crippen molar-refractivity contribution in [2.75, 3.05) is 18.2 Å². The van der Waals surface area contributed by atoms with Crippen molar-refractivity contribution in [1.82, 2.24) is 25.5 Å². The van der Waals surface area contributed by atoms with E-state index in [1.807, 2.05) is 91.0 Å². The Morgan fingerprint density at radius 1 is 0.939 bits per heavy atom. The zero-order valence-corrected chi connectivity index (χ0v) is 27.5. The summed E-state index contributed by atoms with van der Waals surface area (Å²) in [6, 6.07) is 32.5. The Kier molecular flexibility index (Phi) is 11.3. The first kappa shape index (κ1) is 33.8. The first-order valence-corrected chi connectivity index (χ1v) is 16.7. The number of urea groups is 1. The van der Waals surface area contributed by atoms with Gasteiger partial charge in [-0.3, -0.25) is 0 Å². The quantitative estimate of drug-likeness (QED) is 0.116. The van der Waals surface area contributed by atoms with Crippen LogP contribution in [0.15, 0.2) is 114 Å². The number of aromatic nitrogens is 4. The number of methoxy groups -OCH3 is 1. The number of carbonyl (C=O) groups is 2. The van der Waals surface area contributed by atoms with Gasteiger partial charge in [0.2, 0.25) is 5.16 Å². The van der Waals surface area contributed by atoms with Crippen LogP contribution in [-0.2, 0) is 32.0 Å². The maximum absolute atomic E-state index is 13.1. The van der Waals surface area contributed by atoms with Crippen molar-refractivity contribution in [2.24, 2.45) is 0 Å². The van der Waals surface area contributed by atoms with Crippen LogP contribution in [0.4, 0.5) is 10.5 Å². The molecule has 0 bridgehead atoms. The van der Waals surface area contributed by atoms with Crippen molar-refractivity contribution in [1.29, 1.82) is 0 Å². The molecule has 12 nitrogen and oxygen atoms in total. The van der Waals surface area contributed by atoms with Crippen molar-refractivity contribution >= 4 is 29.4 Å². The second kappa shape index (κ2) is 16.3. The van der Waals surface area contributed by atoms with Crippen LogP contribution in [-0.4, -0.2) is 62.3 Å². The monoisotopic (exact) mass is 680 g/mol. The van der Waals surface area contributed by atoms with E-state index >= 15 is 0 Å². The van der Waals surface area contributed by atoms with Gasteiger partial charge in [0.15, 0.2) is 6.29 Å². The molecular weight excluding hydrogens is 644 g/mol. The number of aliphatic hydroxyl groups is 1. The predicted octanol–water partition coefficient (Wildman–Crippen LogP) is 5.40. The smallest absolute Gasteiger partial charge is 0.328 e. The molecule has 0 saturated carbocycles. The molecule has 1 aliphatic rings. The fourth-order valence-corrected chi connectivity index (χ4v) is 6.37. The van der Waals surface area contributed by atoms with Crippen LogP contribution >= 0.6 is 11.8 Å². The average Bonchev–Trinajstić information content (AvgIpc) is 3.63. The molecule has 2 heterocycles. The summed E-state index contributed by atoms with van der Waals surface area (Å²) in [7, 11) is 1.29. The third-order valence-corrected chi connectivity index (χ3v) is 9.00. The Morgan fingerprint density at radius 2 is 1.69 bits per heavy atom. The molecule has 4 atom stereocenters. The van der Waals surface area contributed by atoms with Crippen LogP contribution < -0.4 is 10.6 Å². The van der Waals surface area contributed by atoms with E-state index in [2.05, 4.69) is 26.2 Å². The average molecular weight is 681 g/mol. The van der Waals surface area contributed by atoms with Gasteiger partial charge in [0.25, 0.3) is 0 Å². The minimum Gasteiger partial charge on any atom is -0.467 e. The first-order chi connectivity index (χ1) is 24.0. The molecule has 252 valence electrons. The molecule has 1 fully saturated rings. The molecular formula is C36H36N6O6S. The molecule has 13 heteroatoms. The van der Waals surface area contributed by atoms with E-state index in [0.29, 0.717) is 28.6 Å². The number of nitrogens with one attached hydrogen (secondary N) is 2. The lowest BCUT2D eigenvalue weighted by Crippen LogP contribution is -2.45. The fraction of sp³-hybridized carbons (Fsp3) is 0.250. The number of carbonyl (C=O) groups excluding carboxylic acids is 2. The summed E-state index contributed by atoms with van der Waals surface area (Å²) in [4.78, 5) is 25.5. The van der Waals surface area contributed by atoms with Gasteiger partial charge in [-0.1, -0.05) is 96.7 Å². The molecule has 0 spiro atoms. The van der Waals surface area contributed by atoms with Gasteiger partial charge in [-0.2, -0.15) is 4.68 Å². The Balaban J connectivity index is 1.17. The Morgan fingerprint density at radius 3 is 2.43 bits per heavy atom. The number of esters is 1. The number of nitrogens with zero attached hydrogens (tertiary/aromatic N) is 4. The summed E-state index contributed by atoms with van der Waals surface area (Å²) in [5, 5.41) is 28.0. The number of hydrogen-bond acceptors (Lipinski definition) is 10. The topological polar surface area (TPSA) is 150 Å². The third-order valence-electron chi connectivity index (χ3n) is 7.95. The van der Waals surface area contributed by atoms with Gasteiger partial charge in [-0.05, 0) is 51.4 Å². The molecule has 0 radical (unpaired) electrons. The van der Waals surface area contributed by atoms with Crippen LogP contribution in [0.25, 0.3) is 5.69 Å². The van der Waals surface area contributed by atoms with Crippen LogP contribution in [0.3, 0.4) is 0 Å². The largest absolute Gasteiger partial charge is 0.467 e. The number of aliphatic hydroxyl groups excluding tert-OH is 1. The molecule has 0 aliphatic carbocycles. The van der Waals surface area contributed by atoms with Crippen LogP contribution in [0.1, 0.15) is 41.1 Å². The highest BCUT2D eigenvalue weighted by Gasteiger charge is 2.33. The van der Waals surface area contributed by atoms with E-state index in [0.717, 1.165) is 22.4 Å². The van der Waals surface area contributed by atoms with Crippen molar-refractivity contribution in [3.05, 3.63) is 131 Å². The van der Waals surface area contributed by atoms with Crippen LogP contribution in [0, 0.1) is 0 Å². The molecule has 1 saturated heterocycles. The summed E-state index contributed by atoms with van der Waals surface area (Å²) in [6.07, 6.45) is -0.446. The molecule has 4 aromatic carbocycles. The Hall–Kier alpha value is -5.08. The predicted molar refractivity (Wildman–Crippen MR) is 183 cm³/mol. The van der Waals surface area contributed by atoms with E-state index in [9.17, 15) is 14.7 Å². The van der Waals surface area contributed by atoms with Gasteiger partial charge in [0.1, 0.15) is 6.04 Å². The molecule has 49 heavy (non-hydrogen) atoms. The normalized spacial score (nSPS) is 18.0.